The predicted molar refractivity (Wildman–Crippen MR) is 61.0 cm³/mol. The highest BCUT2D eigenvalue weighted by Gasteiger charge is 2.14. The molecule has 0 nitrogen and oxygen atoms in total. The first-order valence-corrected chi connectivity index (χ1v) is 4.95. The monoisotopic (exact) mass is 182 g/mol. The lowest BCUT2D eigenvalue weighted by molar-refractivity contribution is 1.19. The molecule has 14 heavy (non-hydrogen) atoms. The molecule has 0 radical (unpaired) electrons. The van der Waals surface area contributed by atoms with E-state index in [1.54, 1.807) is 0 Å². The smallest absolute Gasteiger partial charge is 0.00704 e. The van der Waals surface area contributed by atoms with Gasteiger partial charge in [-0.3, -0.25) is 0 Å². The normalized spacial score (nSPS) is 12.9. The van der Waals surface area contributed by atoms with E-state index >= 15 is 0 Å². The Balaban J connectivity index is 2.53. The van der Waals surface area contributed by atoms with Crippen LogP contribution in [0, 0.1) is 25.7 Å². The zero-order valence-corrected chi connectivity index (χ0v) is 8.94. The minimum atomic E-state index is 1.02. The quantitative estimate of drug-likeness (QED) is 0.540. The summed E-state index contributed by atoms with van der Waals surface area (Å²) in [6.45, 7) is 6.23. The van der Waals surface area contributed by atoms with Crippen LogP contribution in [0.15, 0.2) is 17.7 Å². The number of allylic oxidation sites excluding steroid dienone is 1. The zero-order valence-electron chi connectivity index (χ0n) is 8.94. The molecule has 1 aliphatic carbocycles. The van der Waals surface area contributed by atoms with E-state index in [-0.39, 0.29) is 0 Å². The molecule has 0 heterocycles. The maximum Gasteiger partial charge on any atom is 0.00704 e. The molecule has 0 saturated heterocycles. The van der Waals surface area contributed by atoms with Crippen molar-refractivity contribution in [1.29, 1.82) is 0 Å². The minimum absolute atomic E-state index is 1.02. The van der Waals surface area contributed by atoms with Crippen molar-refractivity contribution >= 4 is 6.08 Å². The van der Waals surface area contributed by atoms with Crippen LogP contribution in [0.2, 0.25) is 0 Å². The fourth-order valence-electron chi connectivity index (χ4n) is 1.98. The fraction of sp³-hybridized carbons (Fsp3) is 0.286. The van der Waals surface area contributed by atoms with Crippen molar-refractivity contribution in [3.63, 3.8) is 0 Å². The van der Waals surface area contributed by atoms with Gasteiger partial charge in [-0.05, 0) is 49.1 Å². The van der Waals surface area contributed by atoms with Crippen molar-refractivity contribution in [2.75, 3.05) is 0 Å². The van der Waals surface area contributed by atoms with E-state index in [1.807, 2.05) is 6.92 Å². The van der Waals surface area contributed by atoms with Gasteiger partial charge in [-0.25, -0.2) is 0 Å². The number of hydrogen-bond donors (Lipinski definition) is 0. The van der Waals surface area contributed by atoms with Gasteiger partial charge in [0.05, 0.1) is 0 Å². The highest BCUT2D eigenvalue weighted by atomic mass is 14.2. The third-order valence-corrected chi connectivity index (χ3v) is 2.78. The molecular formula is C14H14. The van der Waals surface area contributed by atoms with Gasteiger partial charge in [0.2, 0.25) is 0 Å². The molecule has 0 atom stereocenters. The van der Waals surface area contributed by atoms with Crippen molar-refractivity contribution in [2.24, 2.45) is 0 Å². The Morgan fingerprint density at radius 2 is 1.86 bits per heavy atom. The van der Waals surface area contributed by atoms with Gasteiger partial charge in [-0.2, -0.15) is 0 Å². The number of fused-ring (bicyclic) bond motifs is 1. The Hall–Kier alpha value is -1.48. The lowest BCUT2D eigenvalue weighted by Crippen LogP contribution is -1.90. The second-order valence-electron chi connectivity index (χ2n) is 3.81. The van der Waals surface area contributed by atoms with E-state index in [0.717, 1.165) is 6.42 Å². The van der Waals surface area contributed by atoms with Crippen LogP contribution in [-0.4, -0.2) is 0 Å². The second-order valence-corrected chi connectivity index (χ2v) is 3.81. The molecule has 0 heteroatoms. The molecule has 0 amide bonds. The zero-order chi connectivity index (χ0) is 10.1. The molecule has 0 spiro atoms. The first-order valence-electron chi connectivity index (χ1n) is 4.95. The topological polar surface area (TPSA) is 0 Å². The van der Waals surface area contributed by atoms with Crippen LogP contribution >= 0.6 is 0 Å². The standard InChI is InChI=1S/C14H14/c1-4-5-12-8-13-10(2)6-7-11(3)14(13)9-12/h6-8H,9H2,1-3H3. The Bertz CT molecular complexity index is 465. The summed E-state index contributed by atoms with van der Waals surface area (Å²) in [6.07, 6.45) is 3.25. The third-order valence-electron chi connectivity index (χ3n) is 2.78. The summed E-state index contributed by atoms with van der Waals surface area (Å²) in [7, 11) is 0. The van der Waals surface area contributed by atoms with Crippen LogP contribution in [-0.2, 0) is 6.42 Å². The fourth-order valence-corrected chi connectivity index (χ4v) is 1.98. The summed E-state index contributed by atoms with van der Waals surface area (Å²) in [5.74, 6) is 6.12. The van der Waals surface area contributed by atoms with Crippen LogP contribution in [0.4, 0.5) is 0 Å². The molecule has 1 aliphatic rings. The van der Waals surface area contributed by atoms with Crippen molar-refractivity contribution < 1.29 is 0 Å². The molecular weight excluding hydrogens is 168 g/mol. The van der Waals surface area contributed by atoms with Crippen LogP contribution in [0.5, 0.6) is 0 Å². The van der Waals surface area contributed by atoms with E-state index in [4.69, 9.17) is 0 Å². The highest BCUT2D eigenvalue weighted by molar-refractivity contribution is 5.71. The largest absolute Gasteiger partial charge is 0.102 e. The van der Waals surface area contributed by atoms with Gasteiger partial charge in [-0.1, -0.05) is 18.1 Å². The summed E-state index contributed by atoms with van der Waals surface area (Å²) >= 11 is 0. The minimum Gasteiger partial charge on any atom is -0.102 e. The summed E-state index contributed by atoms with van der Waals surface area (Å²) in [4.78, 5) is 0. The maximum atomic E-state index is 3.16. The molecule has 0 aromatic heterocycles. The molecule has 0 aliphatic heterocycles. The number of aryl methyl sites for hydroxylation is 2. The summed E-state index contributed by atoms with van der Waals surface area (Å²) in [6, 6.07) is 4.39. The van der Waals surface area contributed by atoms with Gasteiger partial charge in [-0.15, -0.1) is 5.92 Å². The summed E-state index contributed by atoms with van der Waals surface area (Å²) in [5.41, 5.74) is 6.85. The van der Waals surface area contributed by atoms with E-state index < -0.39 is 0 Å². The molecule has 70 valence electrons. The van der Waals surface area contributed by atoms with Gasteiger partial charge in [0.15, 0.2) is 0 Å². The molecule has 1 aromatic rings. The van der Waals surface area contributed by atoms with Gasteiger partial charge in [0.25, 0.3) is 0 Å². The Labute approximate surface area is 85.7 Å². The molecule has 0 unspecified atom stereocenters. The Kier molecular flexibility index (Phi) is 2.17. The predicted octanol–water partition coefficient (Wildman–Crippen LogP) is 3.27. The average molecular weight is 182 g/mol. The maximum absolute atomic E-state index is 3.16. The van der Waals surface area contributed by atoms with Crippen molar-refractivity contribution in [3.8, 4) is 11.8 Å². The van der Waals surface area contributed by atoms with Crippen LogP contribution in [0.3, 0.4) is 0 Å². The summed E-state index contributed by atoms with van der Waals surface area (Å²) < 4.78 is 0. The van der Waals surface area contributed by atoms with E-state index in [2.05, 4.69) is 43.9 Å². The van der Waals surface area contributed by atoms with Crippen molar-refractivity contribution in [3.05, 3.63) is 40.0 Å². The molecule has 2 rings (SSSR count). The first kappa shape index (κ1) is 9.09. The molecule has 1 aromatic carbocycles. The van der Waals surface area contributed by atoms with Gasteiger partial charge >= 0.3 is 0 Å². The lowest BCUT2D eigenvalue weighted by atomic mass is 9.99. The molecule has 0 fully saturated rings. The average Bonchev–Trinajstić information content (AvgIpc) is 2.57. The highest BCUT2D eigenvalue weighted by Crippen LogP contribution is 2.29. The summed E-state index contributed by atoms with van der Waals surface area (Å²) in [5, 5.41) is 0. The van der Waals surface area contributed by atoms with E-state index in [9.17, 15) is 0 Å². The van der Waals surface area contributed by atoms with Gasteiger partial charge < -0.3 is 0 Å². The van der Waals surface area contributed by atoms with E-state index in [0.29, 0.717) is 0 Å². The van der Waals surface area contributed by atoms with Gasteiger partial charge in [0, 0.05) is 12.0 Å². The SMILES string of the molecule is CC#CC1=Cc2c(C)ccc(C)c2C1. The molecule has 0 bridgehead atoms. The first-order chi connectivity index (χ1) is 6.72. The van der Waals surface area contributed by atoms with Crippen molar-refractivity contribution in [1.82, 2.24) is 0 Å². The van der Waals surface area contributed by atoms with E-state index in [1.165, 1.54) is 27.8 Å². The second kappa shape index (κ2) is 3.35. The number of rotatable bonds is 0. The number of benzene rings is 1. The molecule has 0 saturated carbocycles. The third kappa shape index (κ3) is 1.36. The lowest BCUT2D eigenvalue weighted by Gasteiger charge is -2.05. The Morgan fingerprint density at radius 3 is 2.50 bits per heavy atom. The van der Waals surface area contributed by atoms with Gasteiger partial charge in [0.1, 0.15) is 0 Å². The Morgan fingerprint density at radius 1 is 1.14 bits per heavy atom. The van der Waals surface area contributed by atoms with Crippen LogP contribution in [0.1, 0.15) is 29.2 Å². The number of hydrogen-bond acceptors (Lipinski definition) is 0. The van der Waals surface area contributed by atoms with Crippen molar-refractivity contribution in [2.45, 2.75) is 27.2 Å². The van der Waals surface area contributed by atoms with Crippen LogP contribution < -0.4 is 0 Å². The van der Waals surface area contributed by atoms with Crippen LogP contribution in [0.25, 0.3) is 6.08 Å². The molecule has 0 N–H and O–H groups in total.